The van der Waals surface area contributed by atoms with E-state index >= 15 is 0 Å². The number of furan rings is 1. The SMILES string of the molecule is C[C@H](NC(=O)CN1CCN(Cc2ccc3c(c2)CCO3)CC1)c1cc2ccccc2o1. The minimum absolute atomic E-state index is 0.0417. The molecule has 2 aliphatic heterocycles. The Morgan fingerprint density at radius 3 is 2.71 bits per heavy atom. The van der Waals surface area contributed by atoms with Crippen LogP contribution in [0.5, 0.6) is 5.75 Å². The third-order valence-corrected chi connectivity index (χ3v) is 6.24. The maximum absolute atomic E-state index is 12.6. The molecule has 6 nitrogen and oxygen atoms in total. The summed E-state index contributed by atoms with van der Waals surface area (Å²) in [4.78, 5) is 17.3. The van der Waals surface area contributed by atoms with Gasteiger partial charge in [-0.3, -0.25) is 14.6 Å². The van der Waals surface area contributed by atoms with Gasteiger partial charge in [0, 0.05) is 44.5 Å². The molecule has 3 aromatic rings. The zero-order chi connectivity index (χ0) is 21.2. The van der Waals surface area contributed by atoms with Gasteiger partial charge in [-0.2, -0.15) is 0 Å². The Hall–Kier alpha value is -2.83. The molecule has 2 aliphatic rings. The summed E-state index contributed by atoms with van der Waals surface area (Å²) < 4.78 is 11.5. The maximum Gasteiger partial charge on any atom is 0.234 e. The third-order valence-electron chi connectivity index (χ3n) is 6.24. The molecular weight excluding hydrogens is 390 g/mol. The molecule has 0 bridgehead atoms. The van der Waals surface area contributed by atoms with Gasteiger partial charge in [0.1, 0.15) is 17.1 Å². The number of carbonyl (C=O) groups is 1. The molecule has 0 unspecified atom stereocenters. The number of piperazine rings is 1. The number of amides is 1. The summed E-state index contributed by atoms with van der Waals surface area (Å²) in [5.41, 5.74) is 3.52. The number of carbonyl (C=O) groups excluding carboxylic acids is 1. The Labute approximate surface area is 182 Å². The molecule has 5 rings (SSSR count). The maximum atomic E-state index is 12.6. The zero-order valence-corrected chi connectivity index (χ0v) is 18.0. The summed E-state index contributed by atoms with van der Waals surface area (Å²) in [6.07, 6.45) is 1.01. The Kier molecular flexibility index (Phi) is 5.66. The van der Waals surface area contributed by atoms with Crippen molar-refractivity contribution < 1.29 is 13.9 Å². The molecule has 2 aromatic carbocycles. The van der Waals surface area contributed by atoms with Crippen LogP contribution in [0.4, 0.5) is 0 Å². The fourth-order valence-corrected chi connectivity index (χ4v) is 4.48. The van der Waals surface area contributed by atoms with Gasteiger partial charge < -0.3 is 14.5 Å². The first-order valence-corrected chi connectivity index (χ1v) is 11.1. The molecule has 0 saturated carbocycles. The Morgan fingerprint density at radius 2 is 1.87 bits per heavy atom. The minimum Gasteiger partial charge on any atom is -0.493 e. The van der Waals surface area contributed by atoms with Crippen LogP contribution in [0.1, 0.15) is 29.9 Å². The second kappa shape index (κ2) is 8.73. The second-order valence-electron chi connectivity index (χ2n) is 8.57. The number of para-hydroxylation sites is 1. The van der Waals surface area contributed by atoms with Crippen molar-refractivity contribution in [2.75, 3.05) is 39.3 Å². The van der Waals surface area contributed by atoms with Crippen LogP contribution in [0.25, 0.3) is 11.0 Å². The summed E-state index contributed by atoms with van der Waals surface area (Å²) in [5, 5.41) is 4.14. The summed E-state index contributed by atoms with van der Waals surface area (Å²) in [6.45, 7) is 7.90. The molecule has 0 spiro atoms. The standard InChI is InChI=1S/C25H29N3O3/c1-18(24-15-20-4-2-3-5-23(20)31-24)26-25(29)17-28-11-9-27(10-12-28)16-19-6-7-22-21(14-19)8-13-30-22/h2-7,14-15,18H,8-13,16-17H2,1H3,(H,26,29)/t18-/m0/s1. The van der Waals surface area contributed by atoms with Crippen molar-refractivity contribution in [2.24, 2.45) is 0 Å². The molecule has 1 N–H and O–H groups in total. The van der Waals surface area contributed by atoms with Crippen molar-refractivity contribution in [3.63, 3.8) is 0 Å². The van der Waals surface area contributed by atoms with E-state index in [1.54, 1.807) is 0 Å². The third kappa shape index (κ3) is 4.60. The lowest BCUT2D eigenvalue weighted by molar-refractivity contribution is -0.123. The van der Waals surface area contributed by atoms with Crippen LogP contribution in [-0.4, -0.2) is 55.0 Å². The van der Waals surface area contributed by atoms with Gasteiger partial charge in [-0.05, 0) is 36.2 Å². The van der Waals surface area contributed by atoms with Gasteiger partial charge in [0.25, 0.3) is 0 Å². The second-order valence-corrected chi connectivity index (χ2v) is 8.57. The van der Waals surface area contributed by atoms with Crippen molar-refractivity contribution in [3.8, 4) is 5.75 Å². The van der Waals surface area contributed by atoms with E-state index in [1.165, 1.54) is 11.1 Å². The predicted molar refractivity (Wildman–Crippen MR) is 120 cm³/mol. The predicted octanol–water partition coefficient (Wildman–Crippen LogP) is 3.36. The normalized spacial score (nSPS) is 18.0. The van der Waals surface area contributed by atoms with Crippen molar-refractivity contribution in [2.45, 2.75) is 25.9 Å². The zero-order valence-electron chi connectivity index (χ0n) is 18.0. The van der Waals surface area contributed by atoms with Crippen molar-refractivity contribution in [3.05, 3.63) is 65.4 Å². The average molecular weight is 420 g/mol. The molecule has 1 saturated heterocycles. The molecule has 6 heteroatoms. The van der Waals surface area contributed by atoms with E-state index in [0.717, 1.165) is 68.2 Å². The smallest absolute Gasteiger partial charge is 0.234 e. The molecule has 3 heterocycles. The van der Waals surface area contributed by atoms with Crippen LogP contribution in [0.2, 0.25) is 0 Å². The van der Waals surface area contributed by atoms with E-state index in [2.05, 4.69) is 33.3 Å². The van der Waals surface area contributed by atoms with E-state index in [0.29, 0.717) is 6.54 Å². The van der Waals surface area contributed by atoms with Crippen LogP contribution < -0.4 is 10.1 Å². The quantitative estimate of drug-likeness (QED) is 0.664. The molecular formula is C25H29N3O3. The number of nitrogens with zero attached hydrogens (tertiary/aromatic N) is 2. The highest BCUT2D eigenvalue weighted by Gasteiger charge is 2.21. The summed E-state index contributed by atoms with van der Waals surface area (Å²) >= 11 is 0. The first-order valence-electron chi connectivity index (χ1n) is 11.1. The molecule has 162 valence electrons. The minimum atomic E-state index is -0.148. The number of hydrogen-bond donors (Lipinski definition) is 1. The number of benzene rings is 2. The van der Waals surface area contributed by atoms with E-state index in [1.807, 2.05) is 37.3 Å². The average Bonchev–Trinajstić information content (AvgIpc) is 3.41. The Bertz CT molecular complexity index is 1040. The summed E-state index contributed by atoms with van der Waals surface area (Å²) in [6, 6.07) is 16.3. The molecule has 1 amide bonds. The van der Waals surface area contributed by atoms with Gasteiger partial charge in [0.05, 0.1) is 19.2 Å². The largest absolute Gasteiger partial charge is 0.493 e. The highest BCUT2D eigenvalue weighted by Crippen LogP contribution is 2.26. The van der Waals surface area contributed by atoms with E-state index in [-0.39, 0.29) is 11.9 Å². The molecule has 1 atom stereocenters. The number of hydrogen-bond acceptors (Lipinski definition) is 5. The van der Waals surface area contributed by atoms with Crippen molar-refractivity contribution >= 4 is 16.9 Å². The molecule has 0 radical (unpaired) electrons. The number of ether oxygens (including phenoxy) is 1. The molecule has 1 aromatic heterocycles. The number of rotatable bonds is 6. The Balaban J connectivity index is 1.09. The fourth-order valence-electron chi connectivity index (χ4n) is 4.48. The van der Waals surface area contributed by atoms with Gasteiger partial charge >= 0.3 is 0 Å². The van der Waals surface area contributed by atoms with Gasteiger partial charge in [-0.25, -0.2) is 0 Å². The number of fused-ring (bicyclic) bond motifs is 2. The highest BCUT2D eigenvalue weighted by atomic mass is 16.5. The first-order chi connectivity index (χ1) is 15.1. The van der Waals surface area contributed by atoms with Gasteiger partial charge in [0.15, 0.2) is 0 Å². The molecule has 1 fully saturated rings. The molecule has 31 heavy (non-hydrogen) atoms. The van der Waals surface area contributed by atoms with Gasteiger partial charge in [-0.1, -0.05) is 30.3 Å². The Morgan fingerprint density at radius 1 is 1.06 bits per heavy atom. The monoisotopic (exact) mass is 419 g/mol. The van der Waals surface area contributed by atoms with E-state index in [9.17, 15) is 4.79 Å². The topological polar surface area (TPSA) is 58.0 Å². The first kappa shape index (κ1) is 20.1. The van der Waals surface area contributed by atoms with E-state index < -0.39 is 0 Å². The lowest BCUT2D eigenvalue weighted by Gasteiger charge is -2.34. The highest BCUT2D eigenvalue weighted by molar-refractivity contribution is 5.80. The lowest BCUT2D eigenvalue weighted by atomic mass is 10.1. The lowest BCUT2D eigenvalue weighted by Crippen LogP contribution is -2.49. The summed E-state index contributed by atoms with van der Waals surface area (Å²) in [5.74, 6) is 1.87. The van der Waals surface area contributed by atoms with Crippen LogP contribution in [0.3, 0.4) is 0 Å². The van der Waals surface area contributed by atoms with Crippen molar-refractivity contribution in [1.82, 2.24) is 15.1 Å². The van der Waals surface area contributed by atoms with E-state index in [4.69, 9.17) is 9.15 Å². The van der Waals surface area contributed by atoms with Crippen LogP contribution in [-0.2, 0) is 17.8 Å². The van der Waals surface area contributed by atoms with Gasteiger partial charge in [0.2, 0.25) is 5.91 Å². The number of nitrogens with one attached hydrogen (secondary N) is 1. The van der Waals surface area contributed by atoms with Crippen LogP contribution in [0, 0.1) is 0 Å². The fraction of sp³-hybridized carbons (Fsp3) is 0.400. The van der Waals surface area contributed by atoms with Crippen molar-refractivity contribution in [1.29, 1.82) is 0 Å². The van der Waals surface area contributed by atoms with Crippen LogP contribution in [0.15, 0.2) is 52.9 Å². The summed E-state index contributed by atoms with van der Waals surface area (Å²) in [7, 11) is 0. The molecule has 0 aliphatic carbocycles. The van der Waals surface area contributed by atoms with Crippen LogP contribution >= 0.6 is 0 Å². The van der Waals surface area contributed by atoms with Gasteiger partial charge in [-0.15, -0.1) is 0 Å².